The van der Waals surface area contributed by atoms with Crippen LogP contribution in [-0.2, 0) is 15.7 Å². The third-order valence-corrected chi connectivity index (χ3v) is 5.42. The third-order valence-electron chi connectivity index (χ3n) is 5.42. The topological polar surface area (TPSA) is 70.4 Å². The van der Waals surface area contributed by atoms with Crippen molar-refractivity contribution in [3.63, 3.8) is 0 Å². The van der Waals surface area contributed by atoms with Crippen LogP contribution in [0.4, 0.5) is 17.6 Å². The van der Waals surface area contributed by atoms with Gasteiger partial charge in [-0.25, -0.2) is 18.7 Å². The van der Waals surface area contributed by atoms with E-state index in [9.17, 15) is 27.2 Å². The smallest absolute Gasteiger partial charge is 0.419 e. The van der Waals surface area contributed by atoms with Gasteiger partial charge in [0.15, 0.2) is 5.69 Å². The summed E-state index contributed by atoms with van der Waals surface area (Å²) in [5.41, 5.74) is -0.165. The number of esters is 2. The number of hydrogen-bond acceptors (Lipinski definition) is 5. The van der Waals surface area contributed by atoms with Crippen molar-refractivity contribution >= 4 is 11.9 Å². The van der Waals surface area contributed by atoms with Crippen molar-refractivity contribution in [1.29, 1.82) is 0 Å². The van der Waals surface area contributed by atoms with E-state index in [1.54, 1.807) is 30.3 Å². The highest BCUT2D eigenvalue weighted by molar-refractivity contribution is 6.06. The molecule has 0 fully saturated rings. The van der Waals surface area contributed by atoms with Gasteiger partial charge in [0.25, 0.3) is 0 Å². The Balaban J connectivity index is 1.85. The fourth-order valence-electron chi connectivity index (χ4n) is 3.70. The summed E-state index contributed by atoms with van der Waals surface area (Å²) < 4.78 is 64.1. The first-order valence-electron chi connectivity index (χ1n) is 10.5. The minimum atomic E-state index is -4.84. The zero-order valence-corrected chi connectivity index (χ0v) is 19.0. The zero-order valence-electron chi connectivity index (χ0n) is 19.0. The molecular formula is C26H18F4N2O4. The SMILES string of the molecule is COC(=O)c1c(-c2ccc(-c3ccc(F)c(C(F)(F)F)c3)cc2)nn(-c2ccccc2)c1C(=O)OC. The van der Waals surface area contributed by atoms with Crippen LogP contribution in [-0.4, -0.2) is 35.9 Å². The number of nitrogens with zero attached hydrogens (tertiary/aromatic N) is 2. The summed E-state index contributed by atoms with van der Waals surface area (Å²) in [5, 5.41) is 4.47. The lowest BCUT2D eigenvalue weighted by atomic mass is 9.99. The molecule has 3 aromatic carbocycles. The summed E-state index contributed by atoms with van der Waals surface area (Å²) >= 11 is 0. The average Bonchev–Trinajstić information content (AvgIpc) is 3.29. The van der Waals surface area contributed by atoms with Crippen LogP contribution >= 0.6 is 0 Å². The van der Waals surface area contributed by atoms with Crippen molar-refractivity contribution in [3.05, 3.63) is 95.4 Å². The Bertz CT molecular complexity index is 1430. The summed E-state index contributed by atoms with van der Waals surface area (Å²) in [6.45, 7) is 0. The summed E-state index contributed by atoms with van der Waals surface area (Å²) in [6.07, 6.45) is -4.84. The second kappa shape index (κ2) is 9.65. The van der Waals surface area contributed by atoms with E-state index in [1.807, 2.05) is 0 Å². The number of para-hydroxylation sites is 1. The van der Waals surface area contributed by atoms with Crippen LogP contribution in [0.1, 0.15) is 26.4 Å². The molecule has 36 heavy (non-hydrogen) atoms. The number of methoxy groups -OCH3 is 2. The van der Waals surface area contributed by atoms with Gasteiger partial charge in [0.2, 0.25) is 0 Å². The lowest BCUT2D eigenvalue weighted by Gasteiger charge is -2.10. The molecule has 0 radical (unpaired) electrons. The molecule has 184 valence electrons. The number of rotatable bonds is 5. The molecule has 0 aliphatic carbocycles. The Hall–Kier alpha value is -4.47. The highest BCUT2D eigenvalue weighted by Gasteiger charge is 2.34. The molecule has 0 atom stereocenters. The van der Waals surface area contributed by atoms with Gasteiger partial charge >= 0.3 is 18.1 Å². The Morgan fingerprint density at radius 3 is 1.97 bits per heavy atom. The van der Waals surface area contributed by atoms with Gasteiger partial charge in [0, 0.05) is 5.56 Å². The Morgan fingerprint density at radius 1 is 0.806 bits per heavy atom. The van der Waals surface area contributed by atoms with E-state index in [2.05, 4.69) is 5.10 Å². The van der Waals surface area contributed by atoms with Gasteiger partial charge in [-0.1, -0.05) is 48.5 Å². The quantitative estimate of drug-likeness (QED) is 0.252. The van der Waals surface area contributed by atoms with Gasteiger partial charge in [-0.2, -0.15) is 18.3 Å². The van der Waals surface area contributed by atoms with Crippen LogP contribution in [0, 0.1) is 5.82 Å². The highest BCUT2D eigenvalue weighted by atomic mass is 19.4. The number of ether oxygens (including phenoxy) is 2. The fraction of sp³-hybridized carbons (Fsp3) is 0.115. The number of aromatic nitrogens is 2. The van der Waals surface area contributed by atoms with Crippen LogP contribution in [0.25, 0.3) is 28.1 Å². The minimum absolute atomic E-state index is 0.104. The first-order valence-corrected chi connectivity index (χ1v) is 10.5. The molecule has 0 amide bonds. The number of benzene rings is 3. The van der Waals surface area contributed by atoms with Crippen molar-refractivity contribution in [2.45, 2.75) is 6.18 Å². The maximum Gasteiger partial charge on any atom is 0.419 e. The fourth-order valence-corrected chi connectivity index (χ4v) is 3.70. The maximum atomic E-state index is 13.7. The van der Waals surface area contributed by atoms with Crippen LogP contribution < -0.4 is 0 Å². The Morgan fingerprint density at radius 2 is 1.39 bits per heavy atom. The monoisotopic (exact) mass is 498 g/mol. The standard InChI is InChI=1S/C26H18F4N2O4/c1-35-24(33)21-22(31-32(23(21)25(34)36-2)18-6-4-3-5-7-18)16-10-8-15(9-11-16)17-12-13-20(27)19(14-17)26(28,29)30/h3-14H,1-2H3. The van der Waals surface area contributed by atoms with Crippen LogP contribution in [0.2, 0.25) is 0 Å². The minimum Gasteiger partial charge on any atom is -0.465 e. The van der Waals surface area contributed by atoms with E-state index in [-0.39, 0.29) is 22.5 Å². The summed E-state index contributed by atoms with van der Waals surface area (Å²) in [6, 6.07) is 17.4. The molecule has 0 spiro atoms. The molecule has 0 aliphatic rings. The highest BCUT2D eigenvalue weighted by Crippen LogP contribution is 2.35. The third kappa shape index (κ3) is 4.57. The molecule has 6 nitrogen and oxygen atoms in total. The number of alkyl halides is 3. The largest absolute Gasteiger partial charge is 0.465 e. The lowest BCUT2D eigenvalue weighted by Crippen LogP contribution is -2.15. The number of hydrogen-bond donors (Lipinski definition) is 0. The summed E-state index contributed by atoms with van der Waals surface area (Å²) in [4.78, 5) is 25.4. The van der Waals surface area contributed by atoms with E-state index in [0.29, 0.717) is 16.8 Å². The normalized spacial score (nSPS) is 11.3. The van der Waals surface area contributed by atoms with Crippen LogP contribution in [0.15, 0.2) is 72.8 Å². The predicted octanol–water partition coefficient (Wildman–Crippen LogP) is 5.94. The van der Waals surface area contributed by atoms with Crippen molar-refractivity contribution in [2.24, 2.45) is 0 Å². The molecule has 0 N–H and O–H groups in total. The molecule has 4 aromatic rings. The summed E-state index contributed by atoms with van der Waals surface area (Å²) in [5.74, 6) is -3.02. The van der Waals surface area contributed by atoms with Gasteiger partial charge in [0.05, 0.1) is 25.5 Å². The first kappa shape index (κ1) is 24.6. The second-order valence-electron chi connectivity index (χ2n) is 7.57. The average molecular weight is 498 g/mol. The van der Waals surface area contributed by atoms with E-state index >= 15 is 0 Å². The van der Waals surface area contributed by atoms with Crippen molar-refractivity contribution in [2.75, 3.05) is 14.2 Å². The van der Waals surface area contributed by atoms with Crippen molar-refractivity contribution in [3.8, 4) is 28.1 Å². The number of carbonyl (C=O) groups is 2. The maximum absolute atomic E-state index is 13.7. The molecule has 1 heterocycles. The van der Waals surface area contributed by atoms with Crippen LogP contribution in [0.5, 0.6) is 0 Å². The molecule has 0 bridgehead atoms. The van der Waals surface area contributed by atoms with Gasteiger partial charge in [-0.3, -0.25) is 0 Å². The molecule has 0 unspecified atom stereocenters. The first-order chi connectivity index (χ1) is 17.2. The van der Waals surface area contributed by atoms with Crippen LogP contribution in [0.3, 0.4) is 0 Å². The molecular weight excluding hydrogens is 480 g/mol. The van der Waals surface area contributed by atoms with Gasteiger partial charge < -0.3 is 9.47 Å². The van der Waals surface area contributed by atoms with Gasteiger partial charge in [-0.15, -0.1) is 0 Å². The van der Waals surface area contributed by atoms with E-state index in [4.69, 9.17) is 9.47 Å². The predicted molar refractivity (Wildman–Crippen MR) is 122 cm³/mol. The Kier molecular flexibility index (Phi) is 6.61. The van der Waals surface area contributed by atoms with Crippen molar-refractivity contribution in [1.82, 2.24) is 9.78 Å². The van der Waals surface area contributed by atoms with Gasteiger partial charge in [0.1, 0.15) is 17.1 Å². The summed E-state index contributed by atoms with van der Waals surface area (Å²) in [7, 11) is 2.32. The Labute approximate surface area is 202 Å². The number of halogens is 4. The van der Waals surface area contributed by atoms with E-state index < -0.39 is 29.5 Å². The number of carbonyl (C=O) groups excluding carboxylic acids is 2. The molecule has 0 saturated heterocycles. The molecule has 0 saturated carbocycles. The molecule has 1 aromatic heterocycles. The lowest BCUT2D eigenvalue weighted by molar-refractivity contribution is -0.139. The second-order valence-corrected chi connectivity index (χ2v) is 7.57. The molecule has 10 heteroatoms. The van der Waals surface area contributed by atoms with Crippen molar-refractivity contribution < 1.29 is 36.6 Å². The molecule has 0 aliphatic heterocycles. The van der Waals surface area contributed by atoms with E-state index in [1.165, 1.54) is 35.0 Å². The zero-order chi connectivity index (χ0) is 26.0. The van der Waals surface area contributed by atoms with E-state index in [0.717, 1.165) is 26.4 Å². The molecule has 4 rings (SSSR count). The van der Waals surface area contributed by atoms with Gasteiger partial charge in [-0.05, 0) is 35.4 Å².